The zero-order valence-electron chi connectivity index (χ0n) is 22.4. The maximum Gasteiger partial charge on any atom is -0.147 e. The largest absolute Gasteiger partial charge is 0.147 e. The second-order valence-electron chi connectivity index (χ2n) is 10.9. The van der Waals surface area contributed by atoms with Gasteiger partial charge >= 0.3 is 207 Å². The Kier molecular flexibility index (Phi) is 11.2. The molecule has 0 N–H and O–H groups in total. The van der Waals surface area contributed by atoms with Crippen LogP contribution in [0, 0.1) is 20.8 Å². The number of halogens is 2. The Hall–Kier alpha value is -1.65. The molecule has 0 saturated heterocycles. The number of rotatable bonds is 5. The monoisotopic (exact) mass is 551 g/mol. The predicted octanol–water partition coefficient (Wildman–Crippen LogP) is 8.20. The van der Waals surface area contributed by atoms with E-state index in [1.54, 1.807) is 0 Å². The van der Waals surface area contributed by atoms with E-state index in [1.165, 1.54) is 22.3 Å². The maximum atomic E-state index is 6.74. The fourth-order valence-corrected chi connectivity index (χ4v) is 6.00. The van der Waals surface area contributed by atoms with Crippen molar-refractivity contribution in [1.29, 1.82) is 0 Å². The number of hydrogen-bond acceptors (Lipinski definition) is 3. The minimum absolute atomic E-state index is 0. The molecule has 0 saturated carbocycles. The van der Waals surface area contributed by atoms with E-state index in [9.17, 15) is 0 Å². The Labute approximate surface area is 230 Å². The van der Waals surface area contributed by atoms with E-state index in [2.05, 4.69) is 114 Å². The molecule has 0 amide bonds. The van der Waals surface area contributed by atoms with Crippen molar-refractivity contribution in [1.82, 2.24) is 4.98 Å². The Morgan fingerprint density at radius 3 is 1.57 bits per heavy atom. The van der Waals surface area contributed by atoms with Crippen molar-refractivity contribution >= 4 is 29.1 Å². The maximum absolute atomic E-state index is 6.74. The van der Waals surface area contributed by atoms with Crippen molar-refractivity contribution in [2.75, 3.05) is 0 Å². The molecule has 2 aromatic carbocycles. The molecule has 0 aliphatic rings. The molecule has 0 atom stereocenters. The molecular weight excluding hydrogens is 513 g/mol. The number of pyridine rings is 1. The first-order chi connectivity index (χ1) is 15.3. The van der Waals surface area contributed by atoms with Gasteiger partial charge in [0.15, 0.2) is 0 Å². The average molecular weight is 552 g/mol. The molecule has 0 spiro atoms. The van der Waals surface area contributed by atoms with Crippen molar-refractivity contribution < 1.29 is 24.8 Å². The molecule has 0 unspecified atom stereocenters. The van der Waals surface area contributed by atoms with Crippen molar-refractivity contribution in [2.45, 2.75) is 73.1 Å². The van der Waals surface area contributed by atoms with Crippen LogP contribution in [0.3, 0.4) is 0 Å². The molecule has 6 heteroatoms. The van der Waals surface area contributed by atoms with E-state index in [0.29, 0.717) is 0 Å². The van der Waals surface area contributed by atoms with E-state index >= 15 is 0 Å². The Balaban J connectivity index is 0.00000306. The van der Waals surface area contributed by atoms with Gasteiger partial charge in [0.25, 0.3) is 0 Å². The average Bonchev–Trinajstić information content (AvgIpc) is 2.70. The SMILES string of the molecule is Cc1ccc([O][Ti](=[CH]c2ncccc2C)[O]c2ccc(C)cc2C(C)(C)C)c(C(C)(C)C)c1.Cl.Cl. The second-order valence-corrected chi connectivity index (χ2v) is 13.0. The third kappa shape index (κ3) is 8.46. The minimum atomic E-state index is -2.71. The summed E-state index contributed by atoms with van der Waals surface area (Å²) in [6.07, 6.45) is 1.83. The van der Waals surface area contributed by atoms with Gasteiger partial charge in [-0.25, -0.2) is 0 Å². The van der Waals surface area contributed by atoms with Crippen molar-refractivity contribution in [3.63, 3.8) is 0 Å². The van der Waals surface area contributed by atoms with Crippen molar-refractivity contribution in [3.8, 4) is 11.5 Å². The van der Waals surface area contributed by atoms with Crippen LogP contribution in [-0.2, 0) is 29.0 Å². The van der Waals surface area contributed by atoms with E-state index in [1.807, 2.05) is 12.3 Å². The fraction of sp³-hybridized carbons (Fsp3) is 0.379. The Morgan fingerprint density at radius 2 is 1.17 bits per heavy atom. The van der Waals surface area contributed by atoms with Gasteiger partial charge in [0.1, 0.15) is 0 Å². The van der Waals surface area contributed by atoms with Crippen LogP contribution < -0.4 is 6.64 Å². The summed E-state index contributed by atoms with van der Waals surface area (Å²) in [5, 5.41) is 0. The normalized spacial score (nSPS) is 11.1. The molecule has 3 aromatic rings. The summed E-state index contributed by atoms with van der Waals surface area (Å²) in [7, 11) is 0. The molecule has 3 nitrogen and oxygen atoms in total. The summed E-state index contributed by atoms with van der Waals surface area (Å²) in [5.74, 6) is 1.80. The zero-order valence-corrected chi connectivity index (χ0v) is 25.5. The summed E-state index contributed by atoms with van der Waals surface area (Å²) in [6.45, 7) is 19.7. The third-order valence-electron chi connectivity index (χ3n) is 5.61. The van der Waals surface area contributed by atoms with Crippen LogP contribution in [0.25, 0.3) is 0 Å². The standard InChI is InChI=1S/2C11H16O.C7H7N.2ClH.Ti/c2*1-8-5-6-10(12)9(7-8)11(2,3)4;1-6-4-3-5-8-7(6)2;;;/h2*5-7,12H,1-4H3;2-5H,1H3;2*1H;/q;;;;;+2/p-2. The quantitative estimate of drug-likeness (QED) is 0.299. The first-order valence-electron chi connectivity index (χ1n) is 11.6. The molecule has 0 bridgehead atoms. The molecule has 1 aromatic heterocycles. The Bertz CT molecular complexity index is 1110. The molecule has 0 aliphatic heterocycles. The Morgan fingerprint density at radius 1 is 0.714 bits per heavy atom. The number of hydrogen-bond donors (Lipinski definition) is 0. The zero-order chi connectivity index (χ0) is 24.4. The van der Waals surface area contributed by atoms with Gasteiger partial charge in [0, 0.05) is 0 Å². The number of benzene rings is 2. The minimum Gasteiger partial charge on any atom is -0.147 e. The summed E-state index contributed by atoms with van der Waals surface area (Å²) >= 11 is -2.71. The van der Waals surface area contributed by atoms with Gasteiger partial charge in [-0.2, -0.15) is 0 Å². The van der Waals surface area contributed by atoms with Crippen molar-refractivity contribution in [3.05, 3.63) is 88.2 Å². The smallest absolute Gasteiger partial charge is 0.147 e. The predicted molar refractivity (Wildman–Crippen MR) is 150 cm³/mol. The second kappa shape index (κ2) is 12.5. The van der Waals surface area contributed by atoms with Crippen LogP contribution >= 0.6 is 24.8 Å². The first-order valence-corrected chi connectivity index (χ1v) is 13.7. The van der Waals surface area contributed by atoms with Crippen LogP contribution in [0.1, 0.15) is 75.1 Å². The number of aryl methyl sites for hydroxylation is 3. The number of nitrogens with zero attached hydrogens (tertiary/aromatic N) is 1. The summed E-state index contributed by atoms with van der Waals surface area (Å²) in [4.78, 5) is 4.60. The molecule has 0 aliphatic carbocycles. The third-order valence-corrected chi connectivity index (χ3v) is 7.72. The van der Waals surface area contributed by atoms with Gasteiger partial charge < -0.3 is 0 Å². The topological polar surface area (TPSA) is 31.4 Å². The van der Waals surface area contributed by atoms with Gasteiger partial charge in [0.2, 0.25) is 0 Å². The molecule has 0 fully saturated rings. The van der Waals surface area contributed by atoms with E-state index in [4.69, 9.17) is 6.64 Å². The van der Waals surface area contributed by atoms with Gasteiger partial charge in [0.05, 0.1) is 0 Å². The molecule has 1 heterocycles. The fourth-order valence-electron chi connectivity index (χ4n) is 3.70. The van der Waals surface area contributed by atoms with Gasteiger partial charge in [-0.3, -0.25) is 0 Å². The molecule has 0 radical (unpaired) electrons. The number of aromatic nitrogens is 1. The summed E-state index contributed by atoms with van der Waals surface area (Å²) in [5.41, 5.74) is 6.83. The van der Waals surface area contributed by atoms with E-state index < -0.39 is 18.2 Å². The van der Waals surface area contributed by atoms with Gasteiger partial charge in [-0.05, 0) is 0 Å². The van der Waals surface area contributed by atoms with Crippen LogP contribution in [0.15, 0.2) is 54.7 Å². The first kappa shape index (κ1) is 31.4. The summed E-state index contributed by atoms with van der Waals surface area (Å²) < 4.78 is 15.6. The summed E-state index contributed by atoms with van der Waals surface area (Å²) in [6, 6.07) is 16.9. The van der Waals surface area contributed by atoms with Crippen LogP contribution in [0.4, 0.5) is 0 Å². The van der Waals surface area contributed by atoms with Crippen LogP contribution in [-0.4, -0.2) is 9.30 Å². The molecule has 190 valence electrons. The van der Waals surface area contributed by atoms with E-state index in [-0.39, 0.29) is 35.6 Å². The molecular formula is C29H39Cl2NO2Ti. The van der Waals surface area contributed by atoms with Gasteiger partial charge in [-0.15, -0.1) is 24.8 Å². The van der Waals surface area contributed by atoms with Gasteiger partial charge in [-0.1, -0.05) is 0 Å². The molecule has 35 heavy (non-hydrogen) atoms. The van der Waals surface area contributed by atoms with Crippen LogP contribution in [0.5, 0.6) is 11.5 Å². The van der Waals surface area contributed by atoms with Crippen LogP contribution in [0.2, 0.25) is 0 Å². The van der Waals surface area contributed by atoms with E-state index in [0.717, 1.165) is 22.8 Å². The molecule has 3 rings (SSSR count). The van der Waals surface area contributed by atoms with Crippen molar-refractivity contribution in [2.24, 2.45) is 0 Å².